The minimum Gasteiger partial charge on any atom is -0.485 e. The molecule has 0 aromatic heterocycles. The third-order valence-corrected chi connectivity index (χ3v) is 3.91. The van der Waals surface area contributed by atoms with Crippen molar-refractivity contribution in [1.29, 1.82) is 0 Å². The standard InChI is InChI=1S/C20H38O8S/c1-3-5-7-23-9-11-25-13-15-27-19(29)17-18(21)20(22)28-16-14-26-12-10-24-8-6-4-2/h18,21H,3-17H2,1-2H3. The Labute approximate surface area is 180 Å². The highest BCUT2D eigenvalue weighted by molar-refractivity contribution is 7.80. The molecule has 9 heteroatoms. The second-order valence-electron chi connectivity index (χ2n) is 6.26. The first kappa shape index (κ1) is 28.2. The van der Waals surface area contributed by atoms with Crippen LogP contribution in [0.15, 0.2) is 0 Å². The Balaban J connectivity index is 3.50. The van der Waals surface area contributed by atoms with E-state index in [1.165, 1.54) is 0 Å². The molecule has 0 aliphatic rings. The maximum Gasteiger partial charge on any atom is 0.335 e. The van der Waals surface area contributed by atoms with Gasteiger partial charge in [0.15, 0.2) is 11.2 Å². The van der Waals surface area contributed by atoms with Crippen molar-refractivity contribution in [1.82, 2.24) is 0 Å². The lowest BCUT2D eigenvalue weighted by atomic mass is 10.3. The molecule has 0 heterocycles. The highest BCUT2D eigenvalue weighted by Gasteiger charge is 2.19. The minimum absolute atomic E-state index is 0.0621. The normalized spacial score (nSPS) is 12.0. The van der Waals surface area contributed by atoms with E-state index < -0.39 is 12.1 Å². The first-order valence-corrected chi connectivity index (χ1v) is 10.8. The number of carbonyl (C=O) groups excluding carboxylic acids is 1. The molecule has 0 saturated carbocycles. The van der Waals surface area contributed by atoms with Gasteiger partial charge in [-0.15, -0.1) is 0 Å². The SMILES string of the molecule is CCCCOCCOCCOC(=O)C(O)CC(=S)OCCOCCOCCCC. The second-order valence-corrected chi connectivity index (χ2v) is 6.72. The summed E-state index contributed by atoms with van der Waals surface area (Å²) in [5.41, 5.74) is 0. The van der Waals surface area contributed by atoms with Crippen molar-refractivity contribution in [2.24, 2.45) is 0 Å². The summed E-state index contributed by atoms with van der Waals surface area (Å²) >= 11 is 5.00. The summed E-state index contributed by atoms with van der Waals surface area (Å²) in [7, 11) is 0. The van der Waals surface area contributed by atoms with Crippen molar-refractivity contribution >= 4 is 23.2 Å². The molecule has 0 rings (SSSR count). The van der Waals surface area contributed by atoms with Gasteiger partial charge in [-0.25, -0.2) is 4.79 Å². The van der Waals surface area contributed by atoms with Crippen LogP contribution in [0.5, 0.6) is 0 Å². The fraction of sp³-hybridized carbons (Fsp3) is 0.900. The molecular formula is C20H38O8S. The van der Waals surface area contributed by atoms with Gasteiger partial charge in [0.05, 0.1) is 46.1 Å². The molecule has 29 heavy (non-hydrogen) atoms. The predicted octanol–water partition coefficient (Wildman–Crippen LogP) is 2.29. The number of unbranched alkanes of at least 4 members (excludes halogenated alkanes) is 2. The molecule has 0 aromatic rings. The van der Waals surface area contributed by atoms with Gasteiger partial charge in [0.1, 0.15) is 13.2 Å². The molecule has 0 bridgehead atoms. The molecular weight excluding hydrogens is 400 g/mol. The summed E-state index contributed by atoms with van der Waals surface area (Å²) in [4.78, 5) is 11.7. The average Bonchev–Trinajstić information content (AvgIpc) is 2.71. The summed E-state index contributed by atoms with van der Waals surface area (Å²) < 4.78 is 31.5. The first-order chi connectivity index (χ1) is 14.1. The third kappa shape index (κ3) is 20.2. The van der Waals surface area contributed by atoms with E-state index in [0.29, 0.717) is 33.0 Å². The van der Waals surface area contributed by atoms with Crippen LogP contribution < -0.4 is 0 Å². The van der Waals surface area contributed by atoms with Gasteiger partial charge in [0.2, 0.25) is 0 Å². The second kappa shape index (κ2) is 21.9. The van der Waals surface area contributed by atoms with E-state index >= 15 is 0 Å². The quantitative estimate of drug-likeness (QED) is 0.165. The monoisotopic (exact) mass is 438 g/mol. The van der Waals surface area contributed by atoms with Crippen LogP contribution in [0.1, 0.15) is 46.0 Å². The smallest absolute Gasteiger partial charge is 0.335 e. The van der Waals surface area contributed by atoms with Crippen molar-refractivity contribution in [3.05, 3.63) is 0 Å². The lowest BCUT2D eigenvalue weighted by Crippen LogP contribution is -2.28. The van der Waals surface area contributed by atoms with Gasteiger partial charge in [0.25, 0.3) is 0 Å². The van der Waals surface area contributed by atoms with Crippen LogP contribution in [0.25, 0.3) is 0 Å². The van der Waals surface area contributed by atoms with E-state index in [-0.39, 0.29) is 31.3 Å². The average molecular weight is 439 g/mol. The largest absolute Gasteiger partial charge is 0.485 e. The highest BCUT2D eigenvalue weighted by Crippen LogP contribution is 2.00. The number of aliphatic hydroxyl groups is 1. The Hall–Kier alpha value is -0.840. The van der Waals surface area contributed by atoms with Crippen molar-refractivity contribution < 1.29 is 38.3 Å². The minimum atomic E-state index is -1.35. The van der Waals surface area contributed by atoms with E-state index in [2.05, 4.69) is 13.8 Å². The van der Waals surface area contributed by atoms with Crippen molar-refractivity contribution in [2.75, 3.05) is 66.1 Å². The fourth-order valence-electron chi connectivity index (χ4n) is 1.95. The number of hydrogen-bond donors (Lipinski definition) is 1. The molecule has 0 aliphatic carbocycles. The van der Waals surface area contributed by atoms with E-state index in [1.807, 2.05) is 0 Å². The van der Waals surface area contributed by atoms with Gasteiger partial charge in [-0.2, -0.15) is 0 Å². The molecule has 0 aliphatic heterocycles. The molecule has 0 amide bonds. The van der Waals surface area contributed by atoms with Crippen LogP contribution in [0, 0.1) is 0 Å². The maximum atomic E-state index is 11.7. The van der Waals surface area contributed by atoms with E-state index in [9.17, 15) is 9.90 Å². The number of thiocarbonyl (C=S) groups is 1. The van der Waals surface area contributed by atoms with Gasteiger partial charge in [0, 0.05) is 13.2 Å². The molecule has 8 nitrogen and oxygen atoms in total. The molecule has 0 spiro atoms. The van der Waals surface area contributed by atoms with Crippen molar-refractivity contribution in [3.63, 3.8) is 0 Å². The maximum absolute atomic E-state index is 11.7. The number of rotatable bonds is 21. The zero-order valence-corrected chi connectivity index (χ0v) is 18.7. The summed E-state index contributed by atoms with van der Waals surface area (Å²) in [6, 6.07) is 0. The van der Waals surface area contributed by atoms with Gasteiger partial charge in [-0.1, -0.05) is 26.7 Å². The van der Waals surface area contributed by atoms with Crippen LogP contribution in [-0.2, 0) is 33.2 Å². The number of esters is 1. The van der Waals surface area contributed by atoms with Gasteiger partial charge < -0.3 is 33.5 Å². The molecule has 0 saturated heterocycles. The highest BCUT2D eigenvalue weighted by atomic mass is 32.1. The Morgan fingerprint density at radius 1 is 0.724 bits per heavy atom. The van der Waals surface area contributed by atoms with Crippen LogP contribution in [0.2, 0.25) is 0 Å². The summed E-state index contributed by atoms with van der Waals surface area (Å²) in [6.45, 7) is 8.58. The number of carbonyl (C=O) groups is 1. The van der Waals surface area contributed by atoms with Crippen molar-refractivity contribution in [2.45, 2.75) is 52.1 Å². The molecule has 172 valence electrons. The van der Waals surface area contributed by atoms with Crippen LogP contribution in [0.4, 0.5) is 0 Å². The lowest BCUT2D eigenvalue weighted by Gasteiger charge is -2.13. The topological polar surface area (TPSA) is 92.7 Å². The molecule has 1 unspecified atom stereocenters. The predicted molar refractivity (Wildman–Crippen MR) is 113 cm³/mol. The van der Waals surface area contributed by atoms with Crippen LogP contribution in [0.3, 0.4) is 0 Å². The fourth-order valence-corrected chi connectivity index (χ4v) is 2.19. The van der Waals surface area contributed by atoms with E-state index in [1.54, 1.807) is 0 Å². The Morgan fingerprint density at radius 3 is 1.62 bits per heavy atom. The van der Waals surface area contributed by atoms with E-state index in [0.717, 1.165) is 38.9 Å². The molecule has 0 aromatic carbocycles. The Kier molecular flexibility index (Phi) is 21.2. The Morgan fingerprint density at radius 2 is 1.14 bits per heavy atom. The number of aliphatic hydroxyl groups excluding tert-OH is 1. The zero-order valence-electron chi connectivity index (χ0n) is 17.9. The zero-order chi connectivity index (χ0) is 21.6. The van der Waals surface area contributed by atoms with Crippen LogP contribution >= 0.6 is 12.2 Å². The molecule has 0 fully saturated rings. The Bertz CT molecular complexity index is 395. The number of hydrogen-bond acceptors (Lipinski definition) is 9. The van der Waals surface area contributed by atoms with Crippen molar-refractivity contribution in [3.8, 4) is 0 Å². The van der Waals surface area contributed by atoms with Gasteiger partial charge >= 0.3 is 5.97 Å². The summed E-state index contributed by atoms with van der Waals surface area (Å²) in [5.74, 6) is -0.751. The van der Waals surface area contributed by atoms with Gasteiger partial charge in [-0.3, -0.25) is 0 Å². The van der Waals surface area contributed by atoms with Crippen LogP contribution in [-0.4, -0.2) is 88.3 Å². The summed E-state index contributed by atoms with van der Waals surface area (Å²) in [6.07, 6.45) is 2.82. The third-order valence-electron chi connectivity index (χ3n) is 3.62. The number of ether oxygens (including phenoxy) is 6. The summed E-state index contributed by atoms with van der Waals surface area (Å²) in [5, 5.41) is 9.94. The van der Waals surface area contributed by atoms with Gasteiger partial charge in [-0.05, 0) is 25.1 Å². The van der Waals surface area contributed by atoms with E-state index in [4.69, 9.17) is 40.6 Å². The first-order valence-electron chi connectivity index (χ1n) is 10.4. The molecule has 1 N–H and O–H groups in total. The lowest BCUT2D eigenvalue weighted by molar-refractivity contribution is -0.154. The molecule has 0 radical (unpaired) electrons. The molecule has 1 atom stereocenters.